The van der Waals surface area contributed by atoms with Crippen LogP contribution in [0.2, 0.25) is 0 Å². The van der Waals surface area contributed by atoms with Gasteiger partial charge in [0.2, 0.25) is 0 Å². The summed E-state index contributed by atoms with van der Waals surface area (Å²) in [5.74, 6) is -1.31. The van der Waals surface area contributed by atoms with E-state index in [2.05, 4.69) is 0 Å². The largest absolute Gasteiger partial charge is 0.480 e. The maximum Gasteiger partial charge on any atom is 0.323 e. The highest BCUT2D eigenvalue weighted by Gasteiger charge is 2.18. The van der Waals surface area contributed by atoms with Crippen molar-refractivity contribution in [2.45, 2.75) is 0 Å². The molecule has 5 heteroatoms. The molecule has 1 aromatic carbocycles. The van der Waals surface area contributed by atoms with Gasteiger partial charge in [0, 0.05) is 31.2 Å². The number of aromatic nitrogens is 1. The third kappa shape index (κ3) is 2.07. The lowest BCUT2D eigenvalue weighted by atomic mass is 10.1. The molecule has 2 rings (SSSR count). The van der Waals surface area contributed by atoms with Gasteiger partial charge in [-0.1, -0.05) is 18.2 Å². The molecule has 1 amide bonds. The van der Waals surface area contributed by atoms with E-state index in [-0.39, 0.29) is 12.5 Å². The molecule has 5 nitrogen and oxygen atoms in total. The van der Waals surface area contributed by atoms with E-state index >= 15 is 0 Å². The lowest BCUT2D eigenvalue weighted by Gasteiger charge is -2.13. The third-order valence-electron chi connectivity index (χ3n) is 2.85. The number of amides is 1. The van der Waals surface area contributed by atoms with Gasteiger partial charge < -0.3 is 14.6 Å². The van der Waals surface area contributed by atoms with Crippen molar-refractivity contribution < 1.29 is 14.7 Å². The quantitative estimate of drug-likeness (QED) is 0.888. The molecule has 0 atom stereocenters. The van der Waals surface area contributed by atoms with Gasteiger partial charge in [-0.2, -0.15) is 0 Å². The minimum Gasteiger partial charge on any atom is -0.480 e. The summed E-state index contributed by atoms with van der Waals surface area (Å²) in [6.45, 7) is -0.304. The molecule has 1 N–H and O–H groups in total. The van der Waals surface area contributed by atoms with Gasteiger partial charge >= 0.3 is 5.97 Å². The molecule has 94 valence electrons. The molecule has 0 unspecified atom stereocenters. The van der Waals surface area contributed by atoms with Crippen molar-refractivity contribution in [2.24, 2.45) is 7.05 Å². The Morgan fingerprint density at radius 3 is 2.67 bits per heavy atom. The highest BCUT2D eigenvalue weighted by Crippen LogP contribution is 2.21. The van der Waals surface area contributed by atoms with Gasteiger partial charge in [0.1, 0.15) is 6.54 Å². The number of carbonyl (C=O) groups excluding carboxylic acids is 1. The van der Waals surface area contributed by atoms with E-state index in [9.17, 15) is 9.59 Å². The number of hydrogen-bond donors (Lipinski definition) is 1. The van der Waals surface area contributed by atoms with E-state index in [1.165, 1.54) is 11.9 Å². The zero-order valence-corrected chi connectivity index (χ0v) is 10.3. The molecule has 0 saturated carbocycles. The first-order valence-corrected chi connectivity index (χ1v) is 5.52. The summed E-state index contributed by atoms with van der Waals surface area (Å²) in [6, 6.07) is 7.54. The van der Waals surface area contributed by atoms with Crippen LogP contribution in [0.3, 0.4) is 0 Å². The molecule has 1 heterocycles. The molecular formula is C13H14N2O3. The molecule has 0 bridgehead atoms. The van der Waals surface area contributed by atoms with Crippen LogP contribution in [0.5, 0.6) is 0 Å². The maximum absolute atomic E-state index is 12.2. The van der Waals surface area contributed by atoms with Crippen LogP contribution in [0, 0.1) is 0 Å². The minimum absolute atomic E-state index is 0.283. The smallest absolute Gasteiger partial charge is 0.323 e. The first-order valence-electron chi connectivity index (χ1n) is 5.52. The number of para-hydroxylation sites is 1. The monoisotopic (exact) mass is 246 g/mol. The number of fused-ring (bicyclic) bond motifs is 1. The number of nitrogens with zero attached hydrogens (tertiary/aromatic N) is 2. The fourth-order valence-electron chi connectivity index (χ4n) is 1.99. The van der Waals surface area contributed by atoms with Crippen LogP contribution in [0.4, 0.5) is 0 Å². The Balaban J connectivity index is 2.42. The van der Waals surface area contributed by atoms with Crippen molar-refractivity contribution in [3.8, 4) is 0 Å². The van der Waals surface area contributed by atoms with E-state index in [0.717, 1.165) is 10.9 Å². The van der Waals surface area contributed by atoms with Crippen LogP contribution in [0.1, 0.15) is 10.4 Å². The number of aliphatic carboxylic acids is 1. The summed E-state index contributed by atoms with van der Waals surface area (Å²) >= 11 is 0. The van der Waals surface area contributed by atoms with E-state index < -0.39 is 5.97 Å². The van der Waals surface area contributed by atoms with Crippen LogP contribution < -0.4 is 0 Å². The maximum atomic E-state index is 12.2. The molecule has 0 aliphatic rings. The lowest BCUT2D eigenvalue weighted by Crippen LogP contribution is -2.31. The van der Waals surface area contributed by atoms with Gasteiger partial charge in [0.05, 0.1) is 5.56 Å². The molecule has 2 aromatic rings. The number of aryl methyl sites for hydroxylation is 1. The Bertz CT molecular complexity index is 616. The van der Waals surface area contributed by atoms with Crippen LogP contribution in [-0.4, -0.2) is 40.0 Å². The number of hydrogen-bond acceptors (Lipinski definition) is 2. The summed E-state index contributed by atoms with van der Waals surface area (Å²) < 4.78 is 1.86. The Kier molecular flexibility index (Phi) is 3.06. The molecular weight excluding hydrogens is 232 g/mol. The number of benzene rings is 1. The lowest BCUT2D eigenvalue weighted by molar-refractivity contribution is -0.137. The molecule has 0 saturated heterocycles. The summed E-state index contributed by atoms with van der Waals surface area (Å²) in [5, 5.41) is 9.53. The summed E-state index contributed by atoms with van der Waals surface area (Å²) in [7, 11) is 3.34. The summed E-state index contributed by atoms with van der Waals surface area (Å²) in [4.78, 5) is 24.0. The Morgan fingerprint density at radius 2 is 2.00 bits per heavy atom. The first-order chi connectivity index (χ1) is 8.50. The highest BCUT2D eigenvalue weighted by atomic mass is 16.4. The number of likely N-dealkylation sites (N-methyl/N-ethyl adjacent to an activating group) is 1. The number of rotatable bonds is 3. The normalized spacial score (nSPS) is 10.6. The Labute approximate surface area is 104 Å². The van der Waals surface area contributed by atoms with E-state index in [0.29, 0.717) is 5.56 Å². The second-order valence-electron chi connectivity index (χ2n) is 4.23. The van der Waals surface area contributed by atoms with Gasteiger partial charge in [-0.05, 0) is 6.07 Å². The highest BCUT2D eigenvalue weighted by molar-refractivity contribution is 6.07. The van der Waals surface area contributed by atoms with Crippen molar-refractivity contribution in [1.82, 2.24) is 9.47 Å². The van der Waals surface area contributed by atoms with Crippen molar-refractivity contribution in [3.63, 3.8) is 0 Å². The minimum atomic E-state index is -1.02. The first kappa shape index (κ1) is 12.2. The molecule has 18 heavy (non-hydrogen) atoms. The zero-order chi connectivity index (χ0) is 13.3. The summed E-state index contributed by atoms with van der Waals surface area (Å²) in [5.41, 5.74) is 1.47. The molecule has 0 radical (unpaired) electrons. The Morgan fingerprint density at radius 1 is 1.33 bits per heavy atom. The standard InChI is InChI=1S/C13H14N2O3/c1-14-7-10(9-5-3-4-6-11(9)14)13(18)15(2)8-12(16)17/h3-7H,8H2,1-2H3,(H,16,17). The predicted molar refractivity (Wildman–Crippen MR) is 67.5 cm³/mol. The topological polar surface area (TPSA) is 62.5 Å². The second-order valence-corrected chi connectivity index (χ2v) is 4.23. The molecule has 1 aromatic heterocycles. The van der Waals surface area contributed by atoms with Crippen LogP contribution >= 0.6 is 0 Å². The molecule has 0 aliphatic carbocycles. The summed E-state index contributed by atoms with van der Waals surface area (Å²) in [6.07, 6.45) is 1.73. The zero-order valence-electron chi connectivity index (χ0n) is 10.3. The molecule has 0 spiro atoms. The average molecular weight is 246 g/mol. The SMILES string of the molecule is CN(CC(=O)O)C(=O)c1cn(C)c2ccccc12. The van der Waals surface area contributed by atoms with Crippen molar-refractivity contribution in [3.05, 3.63) is 36.0 Å². The van der Waals surface area contributed by atoms with Gasteiger partial charge in [-0.25, -0.2) is 0 Å². The number of carbonyl (C=O) groups is 2. The average Bonchev–Trinajstić information content (AvgIpc) is 2.66. The van der Waals surface area contributed by atoms with Gasteiger partial charge in [-0.3, -0.25) is 9.59 Å². The van der Waals surface area contributed by atoms with E-state index in [1.807, 2.05) is 35.9 Å². The Hall–Kier alpha value is -2.30. The molecule has 0 fully saturated rings. The van der Waals surface area contributed by atoms with E-state index in [4.69, 9.17) is 5.11 Å². The third-order valence-corrected chi connectivity index (χ3v) is 2.85. The molecule has 0 aliphatic heterocycles. The van der Waals surface area contributed by atoms with Gasteiger partial charge in [0.25, 0.3) is 5.91 Å². The van der Waals surface area contributed by atoms with Gasteiger partial charge in [0.15, 0.2) is 0 Å². The fraction of sp³-hybridized carbons (Fsp3) is 0.231. The predicted octanol–water partition coefficient (Wildman–Crippen LogP) is 1.33. The fourth-order valence-corrected chi connectivity index (χ4v) is 1.99. The van der Waals surface area contributed by atoms with Crippen LogP contribution in [0.15, 0.2) is 30.5 Å². The van der Waals surface area contributed by atoms with Crippen LogP contribution in [0.25, 0.3) is 10.9 Å². The van der Waals surface area contributed by atoms with Gasteiger partial charge in [-0.15, -0.1) is 0 Å². The van der Waals surface area contributed by atoms with Crippen LogP contribution in [-0.2, 0) is 11.8 Å². The van der Waals surface area contributed by atoms with Crippen molar-refractivity contribution >= 4 is 22.8 Å². The number of carboxylic acids is 1. The van der Waals surface area contributed by atoms with Crippen molar-refractivity contribution in [1.29, 1.82) is 0 Å². The number of carboxylic acid groups (broad SMARTS) is 1. The van der Waals surface area contributed by atoms with E-state index in [1.54, 1.807) is 6.20 Å². The van der Waals surface area contributed by atoms with Crippen molar-refractivity contribution in [2.75, 3.05) is 13.6 Å². The second kappa shape index (κ2) is 4.52.